The Balaban J connectivity index is 2.48. The molecule has 1 heterocycles. The number of nitrogens with one attached hydrogen (secondary N) is 1. The summed E-state index contributed by atoms with van der Waals surface area (Å²) in [5, 5.41) is 4.07. The Morgan fingerprint density at radius 2 is 2.18 bits per heavy atom. The van der Waals surface area contributed by atoms with E-state index >= 15 is 0 Å². The summed E-state index contributed by atoms with van der Waals surface area (Å²) < 4.78 is 1.89. The Hall–Kier alpha value is -1.46. The van der Waals surface area contributed by atoms with Gasteiger partial charge in [-0.15, -0.1) is 0 Å². The van der Waals surface area contributed by atoms with Crippen molar-refractivity contribution < 1.29 is 4.79 Å². The number of thioether (sulfide) groups is 1. The minimum absolute atomic E-state index is 0.157. The minimum Gasteiger partial charge on any atom is -0.351 e. The molecule has 1 aromatic heterocycles. The van der Waals surface area contributed by atoms with Crippen molar-refractivity contribution in [1.29, 1.82) is 0 Å². The third-order valence-electron chi connectivity index (χ3n) is 3.58. The SMILES string of the molecule is CCn1cc(C(=O)NCC(C)SC)c(=O)c2cc(Cl)ccc21. The van der Waals surface area contributed by atoms with Gasteiger partial charge in [0.1, 0.15) is 5.56 Å². The first kappa shape index (κ1) is 16.9. The fraction of sp³-hybridized carbons (Fsp3) is 0.375. The number of nitrogens with zero attached hydrogens (tertiary/aromatic N) is 1. The Morgan fingerprint density at radius 1 is 1.45 bits per heavy atom. The number of hydrogen-bond donors (Lipinski definition) is 1. The van der Waals surface area contributed by atoms with Crippen LogP contribution in [0.25, 0.3) is 10.9 Å². The van der Waals surface area contributed by atoms with Gasteiger partial charge in [-0.05, 0) is 31.4 Å². The predicted molar refractivity (Wildman–Crippen MR) is 94.2 cm³/mol. The topological polar surface area (TPSA) is 51.1 Å². The number of fused-ring (bicyclic) bond motifs is 1. The molecular weight excluding hydrogens is 320 g/mol. The lowest BCUT2D eigenvalue weighted by Crippen LogP contribution is -2.33. The highest BCUT2D eigenvalue weighted by atomic mass is 35.5. The lowest BCUT2D eigenvalue weighted by atomic mass is 10.1. The number of carbonyl (C=O) groups is 1. The van der Waals surface area contributed by atoms with E-state index in [1.807, 2.05) is 24.7 Å². The fourth-order valence-corrected chi connectivity index (χ4v) is 2.63. The number of aryl methyl sites for hydroxylation is 1. The molecule has 0 aliphatic carbocycles. The molecule has 0 aliphatic rings. The highest BCUT2D eigenvalue weighted by Crippen LogP contribution is 2.17. The molecule has 6 heteroatoms. The lowest BCUT2D eigenvalue weighted by molar-refractivity contribution is 0.0952. The van der Waals surface area contributed by atoms with E-state index in [2.05, 4.69) is 5.32 Å². The van der Waals surface area contributed by atoms with Gasteiger partial charge in [0.25, 0.3) is 5.91 Å². The maximum Gasteiger partial charge on any atom is 0.256 e. The molecule has 118 valence electrons. The molecule has 0 spiro atoms. The first-order valence-electron chi connectivity index (χ1n) is 7.11. The molecule has 1 amide bonds. The Morgan fingerprint density at radius 3 is 2.82 bits per heavy atom. The molecule has 2 rings (SSSR count). The van der Waals surface area contributed by atoms with Crippen LogP contribution < -0.4 is 10.7 Å². The van der Waals surface area contributed by atoms with Crippen molar-refractivity contribution in [2.75, 3.05) is 12.8 Å². The Kier molecular flexibility index (Phi) is 5.53. The Labute approximate surface area is 138 Å². The van der Waals surface area contributed by atoms with Gasteiger partial charge in [0, 0.05) is 34.9 Å². The van der Waals surface area contributed by atoms with Crippen LogP contribution in [0.3, 0.4) is 0 Å². The lowest BCUT2D eigenvalue weighted by Gasteiger charge is -2.13. The molecule has 0 radical (unpaired) electrons. The number of hydrogen-bond acceptors (Lipinski definition) is 3. The highest BCUT2D eigenvalue weighted by Gasteiger charge is 2.15. The summed E-state index contributed by atoms with van der Waals surface area (Å²) in [7, 11) is 0. The zero-order chi connectivity index (χ0) is 16.3. The number of amides is 1. The summed E-state index contributed by atoms with van der Waals surface area (Å²) in [6.07, 6.45) is 3.61. The van der Waals surface area contributed by atoms with Crippen molar-refractivity contribution in [3.05, 3.63) is 45.2 Å². The zero-order valence-corrected chi connectivity index (χ0v) is 14.4. The smallest absolute Gasteiger partial charge is 0.256 e. The van der Waals surface area contributed by atoms with Crippen molar-refractivity contribution in [2.45, 2.75) is 25.6 Å². The molecule has 0 saturated heterocycles. The molecule has 0 saturated carbocycles. The third kappa shape index (κ3) is 3.47. The van der Waals surface area contributed by atoms with E-state index in [-0.39, 0.29) is 16.9 Å². The van der Waals surface area contributed by atoms with E-state index in [0.29, 0.717) is 28.7 Å². The standard InChI is InChI=1S/C16H19ClN2O2S/c1-4-19-9-13(16(21)18-8-10(2)22-3)15(20)12-7-11(17)5-6-14(12)19/h5-7,9-10H,4,8H2,1-3H3,(H,18,21). The number of aromatic nitrogens is 1. The first-order valence-corrected chi connectivity index (χ1v) is 8.78. The summed E-state index contributed by atoms with van der Waals surface area (Å²) in [6, 6.07) is 5.17. The molecule has 0 bridgehead atoms. The molecule has 0 aliphatic heterocycles. The average molecular weight is 339 g/mol. The van der Waals surface area contributed by atoms with Gasteiger partial charge in [0.15, 0.2) is 0 Å². The monoisotopic (exact) mass is 338 g/mol. The Bertz CT molecular complexity index is 758. The molecule has 22 heavy (non-hydrogen) atoms. The van der Waals surface area contributed by atoms with Gasteiger partial charge in [-0.3, -0.25) is 9.59 Å². The second-order valence-corrected chi connectivity index (χ2v) is 6.79. The summed E-state index contributed by atoms with van der Waals surface area (Å²) in [6.45, 7) is 5.19. The van der Waals surface area contributed by atoms with Gasteiger partial charge in [-0.2, -0.15) is 11.8 Å². The van der Waals surface area contributed by atoms with Gasteiger partial charge in [-0.25, -0.2) is 0 Å². The minimum atomic E-state index is -0.338. The average Bonchev–Trinajstić information content (AvgIpc) is 2.53. The number of pyridine rings is 1. The van der Waals surface area contributed by atoms with Crippen molar-refractivity contribution >= 4 is 40.2 Å². The van der Waals surface area contributed by atoms with Crippen LogP contribution in [0.4, 0.5) is 0 Å². The first-order chi connectivity index (χ1) is 10.5. The van der Waals surface area contributed by atoms with Gasteiger partial charge in [0.05, 0.1) is 5.52 Å². The van der Waals surface area contributed by atoms with Crippen LogP contribution in [-0.2, 0) is 6.54 Å². The second kappa shape index (κ2) is 7.20. The van der Waals surface area contributed by atoms with Crippen LogP contribution in [-0.4, -0.2) is 28.5 Å². The van der Waals surface area contributed by atoms with E-state index in [0.717, 1.165) is 5.52 Å². The van der Waals surface area contributed by atoms with E-state index in [4.69, 9.17) is 11.6 Å². The summed E-state index contributed by atoms with van der Waals surface area (Å²) >= 11 is 7.65. The molecule has 1 aromatic carbocycles. The second-order valence-electron chi connectivity index (χ2n) is 5.08. The van der Waals surface area contributed by atoms with Crippen LogP contribution >= 0.6 is 23.4 Å². The maximum absolute atomic E-state index is 12.6. The third-order valence-corrected chi connectivity index (χ3v) is 4.79. The van der Waals surface area contributed by atoms with Gasteiger partial charge in [-0.1, -0.05) is 18.5 Å². The molecule has 1 atom stereocenters. The van der Waals surface area contributed by atoms with Crippen LogP contribution in [0, 0.1) is 0 Å². The van der Waals surface area contributed by atoms with Gasteiger partial charge in [0.2, 0.25) is 5.43 Å². The van der Waals surface area contributed by atoms with Crippen molar-refractivity contribution in [1.82, 2.24) is 9.88 Å². The van der Waals surface area contributed by atoms with Crippen LogP contribution in [0.15, 0.2) is 29.2 Å². The van der Waals surface area contributed by atoms with Crippen LogP contribution in [0.2, 0.25) is 5.02 Å². The number of carbonyl (C=O) groups excluding carboxylic acids is 1. The summed E-state index contributed by atoms with van der Waals surface area (Å²) in [4.78, 5) is 24.9. The van der Waals surface area contributed by atoms with E-state index in [1.165, 1.54) is 0 Å². The molecule has 1 N–H and O–H groups in total. The molecular formula is C16H19ClN2O2S. The van der Waals surface area contributed by atoms with E-state index < -0.39 is 0 Å². The number of halogens is 1. The highest BCUT2D eigenvalue weighted by molar-refractivity contribution is 7.99. The van der Waals surface area contributed by atoms with Crippen molar-refractivity contribution in [3.63, 3.8) is 0 Å². The molecule has 4 nitrogen and oxygen atoms in total. The van der Waals surface area contributed by atoms with E-state index in [1.54, 1.807) is 36.2 Å². The largest absolute Gasteiger partial charge is 0.351 e. The van der Waals surface area contributed by atoms with Crippen LogP contribution in [0.1, 0.15) is 24.2 Å². The fourth-order valence-electron chi connectivity index (χ4n) is 2.21. The summed E-state index contributed by atoms with van der Waals surface area (Å²) in [5.41, 5.74) is 0.660. The molecule has 0 fully saturated rings. The molecule has 1 unspecified atom stereocenters. The van der Waals surface area contributed by atoms with Crippen LogP contribution in [0.5, 0.6) is 0 Å². The number of rotatable bonds is 5. The normalized spacial score (nSPS) is 12.4. The van der Waals surface area contributed by atoms with E-state index in [9.17, 15) is 9.59 Å². The zero-order valence-electron chi connectivity index (χ0n) is 12.9. The molecule has 2 aromatic rings. The maximum atomic E-state index is 12.6. The predicted octanol–water partition coefficient (Wildman–Crippen LogP) is 3.16. The van der Waals surface area contributed by atoms with Gasteiger partial charge < -0.3 is 9.88 Å². The number of benzene rings is 1. The van der Waals surface area contributed by atoms with Crippen molar-refractivity contribution in [3.8, 4) is 0 Å². The van der Waals surface area contributed by atoms with Crippen molar-refractivity contribution in [2.24, 2.45) is 0 Å². The quantitative estimate of drug-likeness (QED) is 0.911. The summed E-state index contributed by atoms with van der Waals surface area (Å²) in [5.74, 6) is -0.338. The van der Waals surface area contributed by atoms with Gasteiger partial charge >= 0.3 is 0 Å².